The molecule has 10 atom stereocenters. The van der Waals surface area contributed by atoms with Gasteiger partial charge in [0, 0.05) is 29.4 Å². The SMILES string of the molecule is COc1ccc([Si](C)(C)[C@@H]2[C@@H](CC(=O)N3CCC[C@H]3CO)O[C@]3(C(=O)N(c4ccccc4)c4ccc(NC(=O)[C@H]5O[C@@H](O)[C@H](O)[C@@H](O)[C@@H]5O)cc43)[C@H]2C)cc1. The van der Waals surface area contributed by atoms with Crippen LogP contribution in [-0.2, 0) is 29.5 Å². The Morgan fingerprint density at radius 3 is 2.36 bits per heavy atom. The van der Waals surface area contributed by atoms with Crippen molar-refractivity contribution in [1.82, 2.24) is 4.90 Å². The summed E-state index contributed by atoms with van der Waals surface area (Å²) in [6.45, 7) is 6.80. The van der Waals surface area contributed by atoms with Crippen LogP contribution in [0.2, 0.25) is 18.6 Å². The minimum absolute atomic E-state index is 0.00235. The van der Waals surface area contributed by atoms with E-state index in [-0.39, 0.29) is 42.1 Å². The Hall–Kier alpha value is -4.19. The predicted molar refractivity (Wildman–Crippen MR) is 204 cm³/mol. The van der Waals surface area contributed by atoms with Crippen LogP contribution in [0.25, 0.3) is 0 Å². The number of hydrogen-bond donors (Lipinski definition) is 6. The van der Waals surface area contributed by atoms with Crippen LogP contribution < -0.4 is 20.1 Å². The Labute approximate surface area is 320 Å². The van der Waals surface area contributed by atoms with Gasteiger partial charge in [-0.2, -0.15) is 0 Å². The van der Waals surface area contributed by atoms with E-state index >= 15 is 4.79 Å². The summed E-state index contributed by atoms with van der Waals surface area (Å²) in [4.78, 5) is 46.2. The van der Waals surface area contributed by atoms with Crippen LogP contribution in [0.4, 0.5) is 17.1 Å². The van der Waals surface area contributed by atoms with E-state index in [0.717, 1.165) is 11.6 Å². The standard InChI is InChI=1S/C40H49N3O11Si/c1-22-36(55(3,4)27-15-13-26(52-2)14-16-27)30(20-31(45)42-18-8-11-25(42)21-44)54-40(22)28-19-23(41-37(49)35-33(47)32(46)34(48)38(50)53-35)12-17-29(28)43(39(40)51)24-9-6-5-7-10-24/h5-7,9-10,12-17,19,22,25,30,32-36,38,44,46-48,50H,8,11,18,20-21H2,1-4H3,(H,41,49)/t22-,25-,30+,32-,33-,34+,35-,36-,38+,40+/m0/s1. The van der Waals surface area contributed by atoms with Crippen molar-refractivity contribution in [3.63, 3.8) is 0 Å². The first-order chi connectivity index (χ1) is 26.2. The number of nitrogens with zero attached hydrogens (tertiary/aromatic N) is 2. The van der Waals surface area contributed by atoms with Gasteiger partial charge in [-0.05, 0) is 60.8 Å². The van der Waals surface area contributed by atoms with Gasteiger partial charge in [-0.3, -0.25) is 19.3 Å². The van der Waals surface area contributed by atoms with Crippen molar-refractivity contribution < 1.29 is 54.1 Å². The van der Waals surface area contributed by atoms with Crippen LogP contribution in [-0.4, -0.2) is 119 Å². The second kappa shape index (κ2) is 15.0. The zero-order valence-electron chi connectivity index (χ0n) is 31.2. The number of para-hydroxylation sites is 1. The fourth-order valence-electron chi connectivity index (χ4n) is 9.28. The third kappa shape index (κ3) is 6.55. The number of amides is 3. The number of hydrogen-bond acceptors (Lipinski definition) is 11. The lowest BCUT2D eigenvalue weighted by Crippen LogP contribution is -2.60. The quantitative estimate of drug-likeness (QED) is 0.173. The second-order valence-corrected chi connectivity index (χ2v) is 20.2. The molecule has 6 N–H and O–H groups in total. The molecule has 0 radical (unpaired) electrons. The highest BCUT2D eigenvalue weighted by molar-refractivity contribution is 6.91. The van der Waals surface area contributed by atoms with Crippen LogP contribution in [0.3, 0.4) is 0 Å². The molecule has 15 heteroatoms. The normalized spacial score (nSPS) is 31.9. The molecule has 0 aromatic heterocycles. The summed E-state index contributed by atoms with van der Waals surface area (Å²) in [7, 11) is -1.02. The molecule has 1 spiro atoms. The number of methoxy groups -OCH3 is 1. The number of aliphatic hydroxyl groups excluding tert-OH is 5. The van der Waals surface area contributed by atoms with Crippen molar-refractivity contribution in [3.8, 4) is 5.75 Å². The number of carbonyl (C=O) groups excluding carboxylic acids is 3. The Morgan fingerprint density at radius 1 is 0.982 bits per heavy atom. The minimum Gasteiger partial charge on any atom is -0.497 e. The second-order valence-electron chi connectivity index (χ2n) is 15.5. The summed E-state index contributed by atoms with van der Waals surface area (Å²) < 4.78 is 17.8. The van der Waals surface area contributed by atoms with Crippen molar-refractivity contribution in [2.45, 2.75) is 93.3 Å². The first kappa shape index (κ1) is 39.1. The van der Waals surface area contributed by atoms with Gasteiger partial charge in [0.05, 0.1) is 46.0 Å². The zero-order valence-corrected chi connectivity index (χ0v) is 32.2. The molecule has 0 unspecified atom stereocenters. The fraction of sp³-hybridized carbons (Fsp3) is 0.475. The molecule has 294 valence electrons. The molecule has 0 saturated carbocycles. The Kier molecular flexibility index (Phi) is 10.7. The van der Waals surface area contributed by atoms with Crippen molar-refractivity contribution >= 4 is 48.0 Å². The fourth-order valence-corrected chi connectivity index (χ4v) is 13.3. The lowest BCUT2D eigenvalue weighted by Gasteiger charge is -2.37. The summed E-state index contributed by atoms with van der Waals surface area (Å²) in [5, 5.41) is 54.6. The Morgan fingerprint density at radius 2 is 1.69 bits per heavy atom. The van der Waals surface area contributed by atoms with Crippen molar-refractivity contribution in [1.29, 1.82) is 0 Å². The van der Waals surface area contributed by atoms with Crippen LogP contribution in [0, 0.1) is 5.92 Å². The van der Waals surface area contributed by atoms with E-state index < -0.39 is 62.3 Å². The van der Waals surface area contributed by atoms with E-state index in [1.807, 2.05) is 61.5 Å². The molecule has 14 nitrogen and oxygen atoms in total. The lowest BCUT2D eigenvalue weighted by molar-refractivity contribution is -0.274. The van der Waals surface area contributed by atoms with E-state index in [9.17, 15) is 35.1 Å². The average Bonchev–Trinajstić information content (AvgIpc) is 3.85. The molecule has 4 aliphatic rings. The first-order valence-corrected chi connectivity index (χ1v) is 21.8. The van der Waals surface area contributed by atoms with E-state index in [0.29, 0.717) is 35.7 Å². The minimum atomic E-state index is -2.63. The highest BCUT2D eigenvalue weighted by Crippen LogP contribution is 2.61. The van der Waals surface area contributed by atoms with E-state index in [4.69, 9.17) is 14.2 Å². The molecule has 55 heavy (non-hydrogen) atoms. The molecule has 0 bridgehead atoms. The van der Waals surface area contributed by atoms with Crippen molar-refractivity contribution in [2.24, 2.45) is 5.92 Å². The molecular formula is C40H49N3O11Si. The molecule has 3 saturated heterocycles. The van der Waals surface area contributed by atoms with Crippen LogP contribution in [0.5, 0.6) is 5.75 Å². The molecule has 4 aliphatic heterocycles. The highest BCUT2D eigenvalue weighted by Gasteiger charge is 2.67. The molecule has 3 fully saturated rings. The van der Waals surface area contributed by atoms with Crippen LogP contribution in [0.15, 0.2) is 72.8 Å². The number of ether oxygens (including phenoxy) is 3. The third-order valence-electron chi connectivity index (χ3n) is 12.2. The number of aliphatic hydroxyl groups is 5. The van der Waals surface area contributed by atoms with E-state index in [2.05, 4.69) is 18.4 Å². The number of likely N-dealkylation sites (tertiary alicyclic amines) is 1. The van der Waals surface area contributed by atoms with Crippen LogP contribution in [0.1, 0.15) is 31.7 Å². The van der Waals surface area contributed by atoms with Crippen molar-refractivity contribution in [3.05, 3.63) is 78.4 Å². The third-order valence-corrected chi connectivity index (χ3v) is 16.5. The van der Waals surface area contributed by atoms with Crippen LogP contribution >= 0.6 is 0 Å². The topological polar surface area (TPSA) is 199 Å². The van der Waals surface area contributed by atoms with Gasteiger partial charge in [0.1, 0.15) is 24.1 Å². The highest BCUT2D eigenvalue weighted by atomic mass is 28.3. The summed E-state index contributed by atoms with van der Waals surface area (Å²) >= 11 is 0. The number of anilines is 3. The molecular weight excluding hydrogens is 727 g/mol. The molecule has 7 rings (SSSR count). The molecule has 3 aromatic rings. The van der Waals surface area contributed by atoms with Gasteiger partial charge in [0.15, 0.2) is 18.0 Å². The summed E-state index contributed by atoms with van der Waals surface area (Å²) in [5.41, 5.74) is -0.0513. The van der Waals surface area contributed by atoms with Gasteiger partial charge in [0.2, 0.25) is 5.91 Å². The van der Waals surface area contributed by atoms with Crippen molar-refractivity contribution in [2.75, 3.05) is 30.5 Å². The maximum atomic E-state index is 15.3. The van der Waals surface area contributed by atoms with Gasteiger partial charge in [-0.25, -0.2) is 0 Å². The lowest BCUT2D eigenvalue weighted by atomic mass is 9.82. The summed E-state index contributed by atoms with van der Waals surface area (Å²) in [5.74, 6) is -1.17. The number of benzene rings is 3. The maximum Gasteiger partial charge on any atom is 0.268 e. The number of nitrogens with one attached hydrogen (secondary N) is 1. The van der Waals surface area contributed by atoms with Gasteiger partial charge in [0.25, 0.3) is 11.8 Å². The van der Waals surface area contributed by atoms with Gasteiger partial charge >= 0.3 is 0 Å². The smallest absolute Gasteiger partial charge is 0.268 e. The van der Waals surface area contributed by atoms with Gasteiger partial charge < -0.3 is 50.0 Å². The Balaban J connectivity index is 1.32. The average molecular weight is 776 g/mol. The summed E-state index contributed by atoms with van der Waals surface area (Å²) in [6.07, 6.45) is -8.32. The van der Waals surface area contributed by atoms with Gasteiger partial charge in [-0.1, -0.05) is 55.5 Å². The van der Waals surface area contributed by atoms with E-state index in [1.54, 1.807) is 35.1 Å². The molecule has 3 amide bonds. The first-order valence-electron chi connectivity index (χ1n) is 18.7. The predicted octanol–water partition coefficient (Wildman–Crippen LogP) is 1.70. The van der Waals surface area contributed by atoms with E-state index in [1.165, 1.54) is 0 Å². The molecule has 3 aromatic carbocycles. The molecule has 4 heterocycles. The number of carbonyl (C=O) groups is 3. The largest absolute Gasteiger partial charge is 0.497 e. The number of rotatable bonds is 9. The monoisotopic (exact) mass is 775 g/mol. The maximum absolute atomic E-state index is 15.3. The molecule has 0 aliphatic carbocycles. The Bertz CT molecular complexity index is 1920. The van der Waals surface area contributed by atoms with Gasteiger partial charge in [-0.15, -0.1) is 0 Å². The summed E-state index contributed by atoms with van der Waals surface area (Å²) in [6, 6.07) is 21.7. The number of fused-ring (bicyclic) bond motifs is 2. The zero-order chi connectivity index (χ0) is 39.4.